The Hall–Kier alpha value is -0.300. The summed E-state index contributed by atoms with van der Waals surface area (Å²) in [7, 11) is 0. The molecule has 0 amide bonds. The number of hydrogen-bond donors (Lipinski definition) is 1. The lowest BCUT2D eigenvalue weighted by Gasteiger charge is -2.33. The molecule has 1 aliphatic rings. The molecule has 0 spiro atoms. The molecular weight excluding hydrogens is 196 g/mol. The van der Waals surface area contributed by atoms with Gasteiger partial charge in [-0.15, -0.1) is 6.58 Å². The summed E-state index contributed by atoms with van der Waals surface area (Å²) < 4.78 is 0. The first-order valence-corrected chi connectivity index (χ1v) is 7.04. The summed E-state index contributed by atoms with van der Waals surface area (Å²) in [5.41, 5.74) is 0.276. The molecule has 0 radical (unpaired) electrons. The van der Waals surface area contributed by atoms with E-state index in [0.717, 1.165) is 19.3 Å². The smallest absolute Gasteiger partial charge is 0.0596 e. The van der Waals surface area contributed by atoms with E-state index in [1.807, 2.05) is 6.08 Å². The van der Waals surface area contributed by atoms with Crippen molar-refractivity contribution in [1.29, 1.82) is 0 Å². The molecule has 1 atom stereocenters. The summed E-state index contributed by atoms with van der Waals surface area (Å²) in [4.78, 5) is 0. The minimum absolute atomic E-state index is 0.0521. The molecular formula is C15H28O. The lowest BCUT2D eigenvalue weighted by Crippen LogP contribution is -2.31. The van der Waals surface area contributed by atoms with Crippen LogP contribution in [-0.2, 0) is 0 Å². The van der Waals surface area contributed by atoms with Crippen molar-refractivity contribution in [3.8, 4) is 0 Å². The molecule has 94 valence electrons. The number of hydrogen-bond acceptors (Lipinski definition) is 1. The number of aliphatic hydroxyl groups is 1. The van der Waals surface area contributed by atoms with Gasteiger partial charge in [0.25, 0.3) is 0 Å². The zero-order valence-electron chi connectivity index (χ0n) is 10.9. The van der Waals surface area contributed by atoms with Crippen LogP contribution in [0.1, 0.15) is 71.1 Å². The Kier molecular flexibility index (Phi) is 6.12. The zero-order chi connectivity index (χ0) is 11.9. The van der Waals surface area contributed by atoms with E-state index in [1.165, 1.54) is 44.9 Å². The lowest BCUT2D eigenvalue weighted by molar-refractivity contribution is 0.0171. The largest absolute Gasteiger partial charge is 0.393 e. The second kappa shape index (κ2) is 7.11. The molecule has 0 bridgehead atoms. The fraction of sp³-hybridized carbons (Fsp3) is 0.867. The van der Waals surface area contributed by atoms with Gasteiger partial charge < -0.3 is 5.11 Å². The van der Waals surface area contributed by atoms with E-state index in [9.17, 15) is 5.11 Å². The van der Waals surface area contributed by atoms with Crippen LogP contribution in [0.15, 0.2) is 12.7 Å². The Morgan fingerprint density at radius 3 is 2.50 bits per heavy atom. The van der Waals surface area contributed by atoms with Gasteiger partial charge in [0.2, 0.25) is 0 Å². The third-order valence-electron chi connectivity index (χ3n) is 4.40. The molecule has 1 aliphatic carbocycles. The van der Waals surface area contributed by atoms with E-state index in [0.29, 0.717) is 0 Å². The Balaban J connectivity index is 2.22. The van der Waals surface area contributed by atoms with Crippen molar-refractivity contribution < 1.29 is 5.11 Å². The van der Waals surface area contributed by atoms with Crippen molar-refractivity contribution in [3.63, 3.8) is 0 Å². The van der Waals surface area contributed by atoms with Crippen molar-refractivity contribution in [3.05, 3.63) is 12.7 Å². The van der Waals surface area contributed by atoms with Crippen LogP contribution in [0.5, 0.6) is 0 Å². The van der Waals surface area contributed by atoms with Crippen LogP contribution in [0.4, 0.5) is 0 Å². The van der Waals surface area contributed by atoms with E-state index < -0.39 is 0 Å². The highest BCUT2D eigenvalue weighted by atomic mass is 16.3. The predicted octanol–water partition coefficient (Wildman–Crippen LogP) is 4.45. The number of allylic oxidation sites excluding steroid dienone is 1. The van der Waals surface area contributed by atoms with Gasteiger partial charge in [0.1, 0.15) is 0 Å². The summed E-state index contributed by atoms with van der Waals surface area (Å²) in [6.07, 6.45) is 14.0. The molecule has 1 rings (SSSR count). The summed E-state index contributed by atoms with van der Waals surface area (Å²) in [5.74, 6) is 0. The van der Waals surface area contributed by atoms with Gasteiger partial charge >= 0.3 is 0 Å². The maximum Gasteiger partial charge on any atom is 0.0596 e. The zero-order valence-corrected chi connectivity index (χ0v) is 10.9. The molecule has 1 N–H and O–H groups in total. The molecule has 1 unspecified atom stereocenters. The van der Waals surface area contributed by atoms with E-state index in [2.05, 4.69) is 13.5 Å². The van der Waals surface area contributed by atoms with Gasteiger partial charge in [0, 0.05) is 0 Å². The maximum atomic E-state index is 10.3. The van der Waals surface area contributed by atoms with Gasteiger partial charge in [0.05, 0.1) is 6.10 Å². The molecule has 0 aromatic rings. The van der Waals surface area contributed by atoms with Crippen LogP contribution in [0, 0.1) is 5.41 Å². The molecule has 1 saturated carbocycles. The Labute approximate surface area is 101 Å². The van der Waals surface area contributed by atoms with E-state index >= 15 is 0 Å². The summed E-state index contributed by atoms with van der Waals surface area (Å²) in [6.45, 7) is 5.97. The predicted molar refractivity (Wildman–Crippen MR) is 70.5 cm³/mol. The van der Waals surface area contributed by atoms with Gasteiger partial charge in [0.15, 0.2) is 0 Å². The first kappa shape index (κ1) is 13.8. The number of rotatable bonds is 8. The van der Waals surface area contributed by atoms with Gasteiger partial charge in [-0.1, -0.05) is 38.7 Å². The van der Waals surface area contributed by atoms with E-state index in [1.54, 1.807) is 0 Å². The van der Waals surface area contributed by atoms with Crippen molar-refractivity contribution in [2.24, 2.45) is 5.41 Å². The molecule has 1 heteroatoms. The van der Waals surface area contributed by atoms with Crippen molar-refractivity contribution in [1.82, 2.24) is 0 Å². The van der Waals surface area contributed by atoms with Crippen LogP contribution >= 0.6 is 0 Å². The highest BCUT2D eigenvalue weighted by Crippen LogP contribution is 2.45. The first-order chi connectivity index (χ1) is 7.75. The van der Waals surface area contributed by atoms with Gasteiger partial charge in [-0.25, -0.2) is 0 Å². The molecule has 1 nitrogen and oxygen atoms in total. The van der Waals surface area contributed by atoms with Gasteiger partial charge in [-0.3, -0.25) is 0 Å². The fourth-order valence-electron chi connectivity index (χ4n) is 3.11. The fourth-order valence-corrected chi connectivity index (χ4v) is 3.11. The monoisotopic (exact) mass is 224 g/mol. The minimum Gasteiger partial charge on any atom is -0.393 e. The Morgan fingerprint density at radius 1 is 1.25 bits per heavy atom. The highest BCUT2D eigenvalue weighted by Gasteiger charge is 2.38. The molecule has 0 aromatic carbocycles. The quantitative estimate of drug-likeness (QED) is 0.477. The first-order valence-electron chi connectivity index (χ1n) is 7.04. The molecule has 0 aliphatic heterocycles. The van der Waals surface area contributed by atoms with E-state index in [-0.39, 0.29) is 11.5 Å². The van der Waals surface area contributed by atoms with Crippen LogP contribution < -0.4 is 0 Å². The summed E-state index contributed by atoms with van der Waals surface area (Å²) >= 11 is 0. The van der Waals surface area contributed by atoms with Crippen LogP contribution in [-0.4, -0.2) is 11.2 Å². The Bertz CT molecular complexity index is 192. The third-order valence-corrected chi connectivity index (χ3v) is 4.40. The second-order valence-electron chi connectivity index (χ2n) is 5.37. The van der Waals surface area contributed by atoms with Gasteiger partial charge in [-0.05, 0) is 43.9 Å². The minimum atomic E-state index is -0.0521. The average molecular weight is 224 g/mol. The molecule has 0 saturated heterocycles. The highest BCUT2D eigenvalue weighted by molar-refractivity contribution is 4.89. The van der Waals surface area contributed by atoms with Crippen molar-refractivity contribution in [2.45, 2.75) is 77.2 Å². The molecule has 16 heavy (non-hydrogen) atoms. The normalized spacial score (nSPS) is 20.9. The standard InChI is InChI=1S/C15H28O/c1-3-5-6-7-8-11-14(16)15(4-2)12-9-10-13-15/h3,14,16H,1,4-13H2,2H3. The van der Waals surface area contributed by atoms with Crippen molar-refractivity contribution in [2.75, 3.05) is 0 Å². The number of aliphatic hydroxyl groups excluding tert-OH is 1. The van der Waals surface area contributed by atoms with Crippen LogP contribution in [0.2, 0.25) is 0 Å². The molecule has 1 fully saturated rings. The average Bonchev–Trinajstić information content (AvgIpc) is 2.78. The van der Waals surface area contributed by atoms with Crippen LogP contribution in [0.3, 0.4) is 0 Å². The Morgan fingerprint density at radius 2 is 1.94 bits per heavy atom. The maximum absolute atomic E-state index is 10.3. The molecule has 0 heterocycles. The van der Waals surface area contributed by atoms with Crippen molar-refractivity contribution >= 4 is 0 Å². The number of unbranched alkanes of at least 4 members (excludes halogenated alkanes) is 3. The second-order valence-corrected chi connectivity index (χ2v) is 5.37. The van der Waals surface area contributed by atoms with Crippen LogP contribution in [0.25, 0.3) is 0 Å². The lowest BCUT2D eigenvalue weighted by atomic mass is 9.76. The topological polar surface area (TPSA) is 20.2 Å². The van der Waals surface area contributed by atoms with Gasteiger partial charge in [-0.2, -0.15) is 0 Å². The SMILES string of the molecule is C=CCCCCCC(O)C1(CC)CCCC1. The summed E-state index contributed by atoms with van der Waals surface area (Å²) in [5, 5.41) is 10.3. The molecule has 0 aromatic heterocycles. The van der Waals surface area contributed by atoms with E-state index in [4.69, 9.17) is 0 Å². The third kappa shape index (κ3) is 3.62. The summed E-state index contributed by atoms with van der Waals surface area (Å²) in [6, 6.07) is 0.